The lowest BCUT2D eigenvalue weighted by Crippen LogP contribution is -2.39. The van der Waals surface area contributed by atoms with Gasteiger partial charge in [0, 0.05) is 29.7 Å². The second kappa shape index (κ2) is 9.31. The fourth-order valence-electron chi connectivity index (χ4n) is 4.30. The first-order valence-electron chi connectivity index (χ1n) is 10.9. The topological polar surface area (TPSA) is 63.1 Å². The number of anilines is 2. The molecule has 33 heavy (non-hydrogen) atoms. The normalized spacial score (nSPS) is 14.5. The second-order valence-corrected chi connectivity index (χ2v) is 9.14. The highest BCUT2D eigenvalue weighted by atomic mass is 79.9. The number of nitrogens with one attached hydrogen (secondary N) is 1. The molecule has 8 heteroatoms. The minimum atomic E-state index is -0.245. The van der Waals surface area contributed by atoms with Crippen LogP contribution < -0.4 is 10.2 Å². The molecule has 0 saturated carbocycles. The summed E-state index contributed by atoms with van der Waals surface area (Å²) in [5.41, 5.74) is 2.80. The van der Waals surface area contributed by atoms with Gasteiger partial charge in [-0.3, -0.25) is 4.79 Å². The fraction of sp³-hybridized carbons (Fsp3) is 0.240. The smallest absolute Gasteiger partial charge is 0.228 e. The zero-order chi connectivity index (χ0) is 22.8. The van der Waals surface area contributed by atoms with Crippen molar-refractivity contribution in [1.29, 1.82) is 0 Å². The quantitative estimate of drug-likeness (QED) is 0.401. The predicted octanol–water partition coefficient (Wildman–Crippen LogP) is 5.24. The number of carbonyl (C=O) groups is 1. The van der Waals surface area contributed by atoms with E-state index in [-0.39, 0.29) is 17.6 Å². The lowest BCUT2D eigenvalue weighted by atomic mass is 9.96. The molecular formula is C25H23BrFN5O. The van der Waals surface area contributed by atoms with Crippen molar-refractivity contribution in [2.45, 2.75) is 19.4 Å². The summed E-state index contributed by atoms with van der Waals surface area (Å²) in [4.78, 5) is 24.1. The number of halogens is 2. The van der Waals surface area contributed by atoms with Crippen LogP contribution in [0.3, 0.4) is 0 Å². The lowest BCUT2D eigenvalue weighted by Gasteiger charge is -2.32. The third-order valence-electron chi connectivity index (χ3n) is 5.99. The first-order chi connectivity index (χ1) is 16.1. The highest BCUT2D eigenvalue weighted by molar-refractivity contribution is 9.10. The lowest BCUT2D eigenvalue weighted by molar-refractivity contribution is -0.120. The van der Waals surface area contributed by atoms with Crippen LogP contribution in [-0.4, -0.2) is 33.5 Å². The van der Waals surface area contributed by atoms with Gasteiger partial charge in [0.25, 0.3) is 0 Å². The van der Waals surface area contributed by atoms with Crippen molar-refractivity contribution in [1.82, 2.24) is 14.5 Å². The summed E-state index contributed by atoms with van der Waals surface area (Å²) in [7, 11) is 0. The SMILES string of the molecule is O=C(Nc1ccc(Br)cn1)C1CCN(c2nc3ccccc3n2Cc2cccc(F)c2)CC1. The Balaban J connectivity index is 1.33. The van der Waals surface area contributed by atoms with Crippen LogP contribution in [0.2, 0.25) is 0 Å². The molecule has 1 aliphatic heterocycles. The third-order valence-corrected chi connectivity index (χ3v) is 6.46. The summed E-state index contributed by atoms with van der Waals surface area (Å²) in [6.45, 7) is 1.97. The van der Waals surface area contributed by atoms with E-state index < -0.39 is 0 Å². The molecule has 4 aromatic rings. The number of fused-ring (bicyclic) bond motifs is 1. The highest BCUT2D eigenvalue weighted by Crippen LogP contribution is 2.28. The third kappa shape index (κ3) is 4.75. The number of imidazole rings is 1. The van der Waals surface area contributed by atoms with Gasteiger partial charge in [0.2, 0.25) is 11.9 Å². The number of pyridine rings is 1. The van der Waals surface area contributed by atoms with Crippen LogP contribution in [0.5, 0.6) is 0 Å². The van der Waals surface area contributed by atoms with Crippen molar-refractivity contribution < 1.29 is 9.18 Å². The van der Waals surface area contributed by atoms with Crippen LogP contribution in [0.15, 0.2) is 71.3 Å². The number of rotatable bonds is 5. The molecule has 1 amide bonds. The molecule has 3 heterocycles. The summed E-state index contributed by atoms with van der Waals surface area (Å²) in [5.74, 6) is 1.09. The molecule has 5 rings (SSSR count). The summed E-state index contributed by atoms with van der Waals surface area (Å²) in [5, 5.41) is 2.92. The monoisotopic (exact) mass is 507 g/mol. The molecule has 1 N–H and O–H groups in total. The van der Waals surface area contributed by atoms with E-state index >= 15 is 0 Å². The van der Waals surface area contributed by atoms with E-state index in [0.29, 0.717) is 12.4 Å². The Labute approximate surface area is 199 Å². The fourth-order valence-corrected chi connectivity index (χ4v) is 4.53. The standard InChI is InChI=1S/C25H23BrFN5O/c26-19-8-9-23(28-15-19)30-24(33)18-10-12-31(13-11-18)25-29-21-6-1-2-7-22(21)32(25)16-17-4-3-5-20(27)14-17/h1-9,14-15,18H,10-13,16H2,(H,28,30,33). The Morgan fingerprint density at radius 3 is 2.67 bits per heavy atom. The van der Waals surface area contributed by atoms with Gasteiger partial charge >= 0.3 is 0 Å². The Kier molecular flexibility index (Phi) is 6.09. The van der Waals surface area contributed by atoms with E-state index in [1.54, 1.807) is 24.4 Å². The Morgan fingerprint density at radius 1 is 1.09 bits per heavy atom. The molecule has 1 fully saturated rings. The minimum absolute atomic E-state index is 0.00210. The van der Waals surface area contributed by atoms with Crippen molar-refractivity contribution >= 4 is 44.6 Å². The molecule has 0 atom stereocenters. The van der Waals surface area contributed by atoms with E-state index in [9.17, 15) is 9.18 Å². The first kappa shape index (κ1) is 21.6. The summed E-state index contributed by atoms with van der Waals surface area (Å²) in [6, 6.07) is 18.3. The van der Waals surface area contributed by atoms with Gasteiger partial charge in [0.1, 0.15) is 11.6 Å². The number of hydrogen-bond donors (Lipinski definition) is 1. The summed E-state index contributed by atoms with van der Waals surface area (Å²) >= 11 is 3.35. The van der Waals surface area contributed by atoms with Gasteiger partial charge in [-0.15, -0.1) is 0 Å². The van der Waals surface area contributed by atoms with Crippen molar-refractivity contribution in [2.75, 3.05) is 23.3 Å². The molecule has 0 spiro atoms. The van der Waals surface area contributed by atoms with Gasteiger partial charge in [-0.1, -0.05) is 24.3 Å². The molecule has 168 valence electrons. The maximum atomic E-state index is 13.8. The van der Waals surface area contributed by atoms with Crippen molar-refractivity contribution in [2.24, 2.45) is 5.92 Å². The second-order valence-electron chi connectivity index (χ2n) is 8.23. The molecule has 2 aromatic carbocycles. The van der Waals surface area contributed by atoms with E-state index in [1.807, 2.05) is 36.4 Å². The maximum Gasteiger partial charge on any atom is 0.228 e. The van der Waals surface area contributed by atoms with Crippen LogP contribution in [0, 0.1) is 11.7 Å². The average Bonchev–Trinajstić information content (AvgIpc) is 3.19. The van der Waals surface area contributed by atoms with Crippen LogP contribution in [-0.2, 0) is 11.3 Å². The number of amides is 1. The number of para-hydroxylation sites is 2. The number of piperidine rings is 1. The van der Waals surface area contributed by atoms with E-state index in [1.165, 1.54) is 6.07 Å². The predicted molar refractivity (Wildman–Crippen MR) is 131 cm³/mol. The molecule has 6 nitrogen and oxygen atoms in total. The maximum absolute atomic E-state index is 13.8. The van der Waals surface area contributed by atoms with Gasteiger partial charge in [0.15, 0.2) is 0 Å². The largest absolute Gasteiger partial charge is 0.342 e. The van der Waals surface area contributed by atoms with E-state index in [0.717, 1.165) is 52.9 Å². The molecule has 0 radical (unpaired) electrons. The average molecular weight is 508 g/mol. The zero-order valence-corrected chi connectivity index (χ0v) is 19.5. The number of aromatic nitrogens is 3. The number of nitrogens with zero attached hydrogens (tertiary/aromatic N) is 4. The minimum Gasteiger partial charge on any atom is -0.342 e. The van der Waals surface area contributed by atoms with Gasteiger partial charge in [-0.05, 0) is 70.7 Å². The molecule has 2 aromatic heterocycles. The van der Waals surface area contributed by atoms with Crippen molar-refractivity contribution in [3.63, 3.8) is 0 Å². The highest BCUT2D eigenvalue weighted by Gasteiger charge is 2.28. The number of carbonyl (C=O) groups excluding carboxylic acids is 1. The van der Waals surface area contributed by atoms with Gasteiger partial charge < -0.3 is 14.8 Å². The first-order valence-corrected chi connectivity index (χ1v) is 11.7. The Morgan fingerprint density at radius 2 is 1.91 bits per heavy atom. The Hall–Kier alpha value is -3.26. The number of hydrogen-bond acceptors (Lipinski definition) is 4. The van der Waals surface area contributed by atoms with Crippen LogP contribution in [0.4, 0.5) is 16.2 Å². The van der Waals surface area contributed by atoms with Crippen LogP contribution in [0.25, 0.3) is 11.0 Å². The summed E-state index contributed by atoms with van der Waals surface area (Å²) in [6.07, 6.45) is 3.12. The Bertz CT molecular complexity index is 1280. The van der Waals surface area contributed by atoms with Crippen LogP contribution >= 0.6 is 15.9 Å². The summed E-state index contributed by atoms with van der Waals surface area (Å²) < 4.78 is 16.8. The van der Waals surface area contributed by atoms with Crippen LogP contribution in [0.1, 0.15) is 18.4 Å². The molecular weight excluding hydrogens is 485 g/mol. The van der Waals surface area contributed by atoms with Gasteiger partial charge in [-0.2, -0.15) is 0 Å². The van der Waals surface area contributed by atoms with Crippen molar-refractivity contribution in [3.05, 3.63) is 82.7 Å². The van der Waals surface area contributed by atoms with E-state index in [4.69, 9.17) is 4.98 Å². The zero-order valence-electron chi connectivity index (χ0n) is 17.9. The molecule has 0 bridgehead atoms. The van der Waals surface area contributed by atoms with Gasteiger partial charge in [0.05, 0.1) is 17.6 Å². The molecule has 0 unspecified atom stereocenters. The molecule has 1 aliphatic rings. The number of benzene rings is 2. The van der Waals surface area contributed by atoms with E-state index in [2.05, 4.69) is 35.7 Å². The van der Waals surface area contributed by atoms with Crippen molar-refractivity contribution in [3.8, 4) is 0 Å². The molecule has 0 aliphatic carbocycles. The molecule has 1 saturated heterocycles. The van der Waals surface area contributed by atoms with Gasteiger partial charge in [-0.25, -0.2) is 14.4 Å².